The van der Waals surface area contributed by atoms with E-state index in [4.69, 9.17) is 14.6 Å². The van der Waals surface area contributed by atoms with Crippen LogP contribution < -0.4 is 9.47 Å². The third-order valence-electron chi connectivity index (χ3n) is 4.25. The lowest BCUT2D eigenvalue weighted by Crippen LogP contribution is -2.40. The van der Waals surface area contributed by atoms with Crippen molar-refractivity contribution in [3.05, 3.63) is 51.7 Å². The summed E-state index contributed by atoms with van der Waals surface area (Å²) in [6.07, 6.45) is 3.58. The number of thiophene rings is 1. The van der Waals surface area contributed by atoms with E-state index in [0.29, 0.717) is 11.5 Å². The number of ether oxygens (including phenoxy) is 2. The molecule has 1 aromatic carbocycles. The highest BCUT2D eigenvalue weighted by Gasteiger charge is 2.23. The summed E-state index contributed by atoms with van der Waals surface area (Å²) in [5.74, 6) is 0.262. The van der Waals surface area contributed by atoms with Crippen molar-refractivity contribution in [2.75, 3.05) is 13.7 Å². The molecule has 0 amide bonds. The maximum absolute atomic E-state index is 10.7. The second kappa shape index (κ2) is 7.72. The SMILES string of the molecule is COc1ccc(/C=C/C(=O)O)cc1OC(C)N1CCc2sccc2C1. The minimum atomic E-state index is -0.980. The minimum absolute atomic E-state index is 0.111. The normalized spacial score (nSPS) is 15.8. The van der Waals surface area contributed by atoms with E-state index >= 15 is 0 Å². The molecule has 1 aliphatic heterocycles. The maximum Gasteiger partial charge on any atom is 0.328 e. The van der Waals surface area contributed by atoms with Gasteiger partial charge in [0.2, 0.25) is 0 Å². The highest BCUT2D eigenvalue weighted by atomic mass is 32.1. The summed E-state index contributed by atoms with van der Waals surface area (Å²) in [4.78, 5) is 14.4. The first-order valence-corrected chi connectivity index (χ1v) is 9.00. The number of carbonyl (C=O) groups is 1. The van der Waals surface area contributed by atoms with Gasteiger partial charge in [-0.25, -0.2) is 4.79 Å². The lowest BCUT2D eigenvalue weighted by molar-refractivity contribution is -0.131. The van der Waals surface area contributed by atoms with Gasteiger partial charge in [0, 0.05) is 24.0 Å². The van der Waals surface area contributed by atoms with Crippen LogP contribution in [-0.2, 0) is 17.8 Å². The van der Waals surface area contributed by atoms with Crippen LogP contribution >= 0.6 is 11.3 Å². The van der Waals surface area contributed by atoms with Gasteiger partial charge in [0.05, 0.1) is 7.11 Å². The van der Waals surface area contributed by atoms with E-state index in [2.05, 4.69) is 16.3 Å². The third kappa shape index (κ3) is 4.21. The number of carboxylic acid groups (broad SMARTS) is 1. The second-order valence-electron chi connectivity index (χ2n) is 5.89. The molecule has 1 aromatic heterocycles. The van der Waals surface area contributed by atoms with Crippen molar-refractivity contribution in [1.82, 2.24) is 4.90 Å². The van der Waals surface area contributed by atoms with Gasteiger partial charge in [0.25, 0.3) is 0 Å². The third-order valence-corrected chi connectivity index (χ3v) is 5.28. The molecule has 1 aliphatic rings. The highest BCUT2D eigenvalue weighted by molar-refractivity contribution is 7.10. The fourth-order valence-corrected chi connectivity index (χ4v) is 3.79. The summed E-state index contributed by atoms with van der Waals surface area (Å²) in [6, 6.07) is 7.57. The molecule has 3 rings (SSSR count). The van der Waals surface area contributed by atoms with Crippen molar-refractivity contribution in [2.45, 2.75) is 26.1 Å². The van der Waals surface area contributed by atoms with Gasteiger partial charge in [0.1, 0.15) is 6.23 Å². The average molecular weight is 359 g/mol. The standard InChI is InChI=1S/C19H21NO4S/c1-13(20-9-7-18-15(12-20)8-10-25-18)24-17-11-14(4-6-19(21)22)3-5-16(17)23-2/h3-6,8,10-11,13H,7,9,12H2,1-2H3,(H,21,22)/b6-4+. The first kappa shape index (κ1) is 17.5. The molecule has 0 saturated carbocycles. The van der Waals surface area contributed by atoms with Gasteiger partial charge in [0.15, 0.2) is 11.5 Å². The first-order valence-electron chi connectivity index (χ1n) is 8.12. The lowest BCUT2D eigenvalue weighted by Gasteiger charge is -2.32. The Morgan fingerprint density at radius 3 is 2.96 bits per heavy atom. The Morgan fingerprint density at radius 1 is 1.36 bits per heavy atom. The molecule has 0 saturated heterocycles. The van der Waals surface area contributed by atoms with Crippen LogP contribution in [0.15, 0.2) is 35.7 Å². The zero-order valence-electron chi connectivity index (χ0n) is 14.3. The van der Waals surface area contributed by atoms with E-state index < -0.39 is 5.97 Å². The van der Waals surface area contributed by atoms with Crippen LogP contribution in [0.3, 0.4) is 0 Å². The summed E-state index contributed by atoms with van der Waals surface area (Å²) >= 11 is 1.82. The number of nitrogens with zero attached hydrogens (tertiary/aromatic N) is 1. The predicted molar refractivity (Wildman–Crippen MR) is 98.2 cm³/mol. The summed E-state index contributed by atoms with van der Waals surface area (Å²) in [5, 5.41) is 10.9. The number of hydrogen-bond donors (Lipinski definition) is 1. The molecule has 0 aliphatic carbocycles. The van der Waals surface area contributed by atoms with Gasteiger partial charge in [-0.1, -0.05) is 6.07 Å². The van der Waals surface area contributed by atoms with Gasteiger partial charge in [-0.15, -0.1) is 11.3 Å². The molecule has 2 aromatic rings. The van der Waals surface area contributed by atoms with E-state index in [1.165, 1.54) is 16.5 Å². The second-order valence-corrected chi connectivity index (χ2v) is 6.89. The van der Waals surface area contributed by atoms with Crippen molar-refractivity contribution in [3.63, 3.8) is 0 Å². The van der Waals surface area contributed by atoms with Gasteiger partial charge in [-0.3, -0.25) is 4.90 Å². The number of methoxy groups -OCH3 is 1. The molecule has 0 spiro atoms. The summed E-state index contributed by atoms with van der Waals surface area (Å²) in [7, 11) is 1.60. The van der Waals surface area contributed by atoms with Crippen LogP contribution in [-0.4, -0.2) is 35.9 Å². The Bertz CT molecular complexity index is 783. The van der Waals surface area contributed by atoms with Crippen molar-refractivity contribution >= 4 is 23.4 Å². The fraction of sp³-hybridized carbons (Fsp3) is 0.316. The molecule has 2 heterocycles. The first-order chi connectivity index (χ1) is 12.1. The number of rotatable bonds is 6. The van der Waals surface area contributed by atoms with Crippen molar-refractivity contribution < 1.29 is 19.4 Å². The lowest BCUT2D eigenvalue weighted by atomic mass is 10.1. The zero-order chi connectivity index (χ0) is 17.8. The van der Waals surface area contributed by atoms with Gasteiger partial charge >= 0.3 is 5.97 Å². The molecular formula is C19H21NO4S. The predicted octanol–water partition coefficient (Wildman–Crippen LogP) is 3.64. The molecule has 1 atom stereocenters. The van der Waals surface area contributed by atoms with Crippen LogP contribution in [0.5, 0.6) is 11.5 Å². The topological polar surface area (TPSA) is 59.0 Å². The fourth-order valence-electron chi connectivity index (χ4n) is 2.90. The van der Waals surface area contributed by atoms with Crippen LogP contribution in [0.4, 0.5) is 0 Å². The Balaban J connectivity index is 1.74. The average Bonchev–Trinajstić information content (AvgIpc) is 3.07. The Hall–Kier alpha value is -2.31. The molecule has 1 unspecified atom stereocenters. The largest absolute Gasteiger partial charge is 0.493 e. The summed E-state index contributed by atoms with van der Waals surface area (Å²) in [5.41, 5.74) is 2.13. The van der Waals surface area contributed by atoms with Crippen LogP contribution in [0.2, 0.25) is 0 Å². The quantitative estimate of drug-likeness (QED) is 0.798. The number of aliphatic carboxylic acids is 1. The van der Waals surface area contributed by atoms with Crippen LogP contribution in [0, 0.1) is 0 Å². The van der Waals surface area contributed by atoms with Crippen LogP contribution in [0.1, 0.15) is 22.9 Å². The smallest absolute Gasteiger partial charge is 0.328 e. The molecule has 1 N–H and O–H groups in total. The number of fused-ring (bicyclic) bond motifs is 1. The van der Waals surface area contributed by atoms with Crippen molar-refractivity contribution in [3.8, 4) is 11.5 Å². The van der Waals surface area contributed by atoms with E-state index in [-0.39, 0.29) is 6.23 Å². The van der Waals surface area contributed by atoms with E-state index in [1.807, 2.05) is 18.3 Å². The van der Waals surface area contributed by atoms with E-state index in [9.17, 15) is 4.79 Å². The summed E-state index contributed by atoms with van der Waals surface area (Å²) in [6.45, 7) is 3.85. The molecule has 132 valence electrons. The van der Waals surface area contributed by atoms with Gasteiger partial charge < -0.3 is 14.6 Å². The molecule has 5 nitrogen and oxygen atoms in total. The van der Waals surface area contributed by atoms with Crippen molar-refractivity contribution in [2.24, 2.45) is 0 Å². The Kier molecular flexibility index (Phi) is 5.40. The Labute approximate surface area is 151 Å². The highest BCUT2D eigenvalue weighted by Crippen LogP contribution is 2.31. The van der Waals surface area contributed by atoms with Crippen LogP contribution in [0.25, 0.3) is 6.08 Å². The number of hydrogen-bond acceptors (Lipinski definition) is 5. The molecular weight excluding hydrogens is 338 g/mol. The molecule has 0 bridgehead atoms. The maximum atomic E-state index is 10.7. The van der Waals surface area contributed by atoms with Crippen molar-refractivity contribution in [1.29, 1.82) is 0 Å². The van der Waals surface area contributed by atoms with Gasteiger partial charge in [-0.2, -0.15) is 0 Å². The molecule has 0 radical (unpaired) electrons. The van der Waals surface area contributed by atoms with E-state index in [0.717, 1.165) is 31.1 Å². The number of carboxylic acids is 1. The van der Waals surface area contributed by atoms with E-state index in [1.54, 1.807) is 25.3 Å². The van der Waals surface area contributed by atoms with Gasteiger partial charge in [-0.05, 0) is 54.1 Å². The zero-order valence-corrected chi connectivity index (χ0v) is 15.1. The summed E-state index contributed by atoms with van der Waals surface area (Å²) < 4.78 is 11.5. The molecule has 25 heavy (non-hydrogen) atoms. The number of benzene rings is 1. The minimum Gasteiger partial charge on any atom is -0.493 e. The molecule has 0 fully saturated rings. The Morgan fingerprint density at radius 2 is 2.20 bits per heavy atom. The molecule has 6 heteroatoms. The monoisotopic (exact) mass is 359 g/mol.